The predicted octanol–water partition coefficient (Wildman–Crippen LogP) is 3.67. The van der Waals surface area contributed by atoms with Crippen molar-refractivity contribution in [1.29, 1.82) is 0 Å². The highest BCUT2D eigenvalue weighted by Gasteiger charge is 1.90. The summed E-state index contributed by atoms with van der Waals surface area (Å²) in [4.78, 5) is 0. The van der Waals surface area contributed by atoms with E-state index in [-0.39, 0.29) is 6.10 Å². The molecule has 0 fully saturated rings. The van der Waals surface area contributed by atoms with Gasteiger partial charge >= 0.3 is 0 Å². The van der Waals surface area contributed by atoms with E-state index in [4.69, 9.17) is 5.11 Å². The van der Waals surface area contributed by atoms with Gasteiger partial charge in [0, 0.05) is 0 Å². The van der Waals surface area contributed by atoms with E-state index in [0.717, 1.165) is 12.8 Å². The van der Waals surface area contributed by atoms with Crippen LogP contribution in [0.4, 0.5) is 0 Å². The molecule has 1 N–H and O–H groups in total. The van der Waals surface area contributed by atoms with Crippen molar-refractivity contribution in [3.05, 3.63) is 12.2 Å². The highest BCUT2D eigenvalue weighted by Crippen LogP contribution is 2.04. The summed E-state index contributed by atoms with van der Waals surface area (Å²) < 4.78 is 0. The van der Waals surface area contributed by atoms with E-state index in [1.807, 2.05) is 6.92 Å². The molecule has 78 valence electrons. The second-order valence-electron chi connectivity index (χ2n) is 3.75. The van der Waals surface area contributed by atoms with Gasteiger partial charge in [-0.05, 0) is 32.6 Å². The molecule has 0 aliphatic heterocycles. The average Bonchev–Trinajstić information content (AvgIpc) is 2.09. The van der Waals surface area contributed by atoms with Crippen LogP contribution in [0, 0.1) is 0 Å². The van der Waals surface area contributed by atoms with Gasteiger partial charge in [0.2, 0.25) is 0 Å². The summed E-state index contributed by atoms with van der Waals surface area (Å²) in [6.07, 6.45) is 12.8. The monoisotopic (exact) mass is 184 g/mol. The quantitative estimate of drug-likeness (QED) is 0.451. The molecule has 0 radical (unpaired) electrons. The molecular formula is C12H24O. The molecule has 0 spiro atoms. The van der Waals surface area contributed by atoms with Crippen LogP contribution in [0.25, 0.3) is 0 Å². The lowest BCUT2D eigenvalue weighted by molar-refractivity contribution is 0.186. The van der Waals surface area contributed by atoms with Gasteiger partial charge in [0.15, 0.2) is 0 Å². The standard InChI is InChI=1S/C12H24O/c1-3-4-5-6-7-8-9-10-11-12(2)13/h8-9,12-13H,3-7,10-11H2,1-2H3/b9-8+. The maximum absolute atomic E-state index is 8.99. The van der Waals surface area contributed by atoms with E-state index in [1.54, 1.807) is 0 Å². The Kier molecular flexibility index (Phi) is 9.56. The zero-order valence-electron chi connectivity index (χ0n) is 9.13. The van der Waals surface area contributed by atoms with Gasteiger partial charge in [-0.15, -0.1) is 0 Å². The first-order valence-electron chi connectivity index (χ1n) is 5.60. The molecule has 1 nitrogen and oxygen atoms in total. The molecule has 0 aliphatic rings. The first-order valence-corrected chi connectivity index (χ1v) is 5.60. The second-order valence-corrected chi connectivity index (χ2v) is 3.75. The lowest BCUT2D eigenvalue weighted by Crippen LogP contribution is -1.96. The number of aliphatic hydroxyl groups is 1. The summed E-state index contributed by atoms with van der Waals surface area (Å²) in [5.41, 5.74) is 0. The molecule has 0 aliphatic carbocycles. The molecule has 1 unspecified atom stereocenters. The minimum absolute atomic E-state index is 0.148. The van der Waals surface area contributed by atoms with Crippen LogP contribution in [0.5, 0.6) is 0 Å². The van der Waals surface area contributed by atoms with E-state index in [2.05, 4.69) is 19.1 Å². The Morgan fingerprint density at radius 2 is 1.77 bits per heavy atom. The number of aliphatic hydroxyl groups excluding tert-OH is 1. The van der Waals surface area contributed by atoms with Crippen LogP contribution in [0.1, 0.15) is 58.8 Å². The predicted molar refractivity (Wildman–Crippen MR) is 58.8 cm³/mol. The molecule has 1 atom stereocenters. The van der Waals surface area contributed by atoms with E-state index >= 15 is 0 Å². The maximum atomic E-state index is 8.99. The first-order chi connectivity index (χ1) is 6.27. The van der Waals surface area contributed by atoms with Crippen molar-refractivity contribution >= 4 is 0 Å². The van der Waals surface area contributed by atoms with Crippen molar-refractivity contribution in [3.63, 3.8) is 0 Å². The van der Waals surface area contributed by atoms with Crippen molar-refractivity contribution in [2.45, 2.75) is 64.9 Å². The highest BCUT2D eigenvalue weighted by atomic mass is 16.3. The van der Waals surface area contributed by atoms with Crippen LogP contribution in [0.15, 0.2) is 12.2 Å². The molecule has 0 aromatic rings. The van der Waals surface area contributed by atoms with Gasteiger partial charge in [0.1, 0.15) is 0 Å². The van der Waals surface area contributed by atoms with Gasteiger partial charge in [-0.2, -0.15) is 0 Å². The molecule has 1 heteroatoms. The third-order valence-corrected chi connectivity index (χ3v) is 2.14. The molecule has 0 aromatic carbocycles. The fourth-order valence-electron chi connectivity index (χ4n) is 1.26. The summed E-state index contributed by atoms with van der Waals surface area (Å²) in [6, 6.07) is 0. The van der Waals surface area contributed by atoms with Gasteiger partial charge in [-0.25, -0.2) is 0 Å². The van der Waals surface area contributed by atoms with E-state index in [9.17, 15) is 0 Å². The average molecular weight is 184 g/mol. The molecule has 0 heterocycles. The minimum Gasteiger partial charge on any atom is -0.393 e. The largest absolute Gasteiger partial charge is 0.393 e. The molecular weight excluding hydrogens is 160 g/mol. The normalized spacial score (nSPS) is 13.8. The van der Waals surface area contributed by atoms with Crippen molar-refractivity contribution in [2.24, 2.45) is 0 Å². The van der Waals surface area contributed by atoms with Crippen molar-refractivity contribution in [1.82, 2.24) is 0 Å². The van der Waals surface area contributed by atoms with Gasteiger partial charge in [-0.3, -0.25) is 0 Å². The molecule has 0 saturated heterocycles. The Labute approximate surface area is 82.9 Å². The van der Waals surface area contributed by atoms with Crippen LogP contribution in [-0.4, -0.2) is 11.2 Å². The smallest absolute Gasteiger partial charge is 0.0515 e. The van der Waals surface area contributed by atoms with Crippen LogP contribution in [0.2, 0.25) is 0 Å². The maximum Gasteiger partial charge on any atom is 0.0515 e. The summed E-state index contributed by atoms with van der Waals surface area (Å²) in [5.74, 6) is 0. The topological polar surface area (TPSA) is 20.2 Å². The van der Waals surface area contributed by atoms with Gasteiger partial charge < -0.3 is 5.11 Å². The Morgan fingerprint density at radius 1 is 1.08 bits per heavy atom. The minimum atomic E-state index is -0.148. The summed E-state index contributed by atoms with van der Waals surface area (Å²) in [6.45, 7) is 4.08. The lowest BCUT2D eigenvalue weighted by atomic mass is 10.1. The molecule has 0 amide bonds. The van der Waals surface area contributed by atoms with Crippen molar-refractivity contribution < 1.29 is 5.11 Å². The van der Waals surface area contributed by atoms with Crippen molar-refractivity contribution in [2.75, 3.05) is 0 Å². The van der Waals surface area contributed by atoms with E-state index in [1.165, 1.54) is 32.1 Å². The van der Waals surface area contributed by atoms with Gasteiger partial charge in [-0.1, -0.05) is 38.3 Å². The SMILES string of the molecule is CCCCCC/C=C/CCC(C)O. The first kappa shape index (κ1) is 12.7. The van der Waals surface area contributed by atoms with Gasteiger partial charge in [0.05, 0.1) is 6.10 Å². The Hall–Kier alpha value is -0.300. The van der Waals surface area contributed by atoms with Crippen LogP contribution >= 0.6 is 0 Å². The molecule has 0 saturated carbocycles. The second kappa shape index (κ2) is 9.79. The van der Waals surface area contributed by atoms with Gasteiger partial charge in [0.25, 0.3) is 0 Å². The lowest BCUT2D eigenvalue weighted by Gasteiger charge is -1.98. The summed E-state index contributed by atoms with van der Waals surface area (Å²) in [5, 5.41) is 8.99. The van der Waals surface area contributed by atoms with Crippen LogP contribution < -0.4 is 0 Å². The van der Waals surface area contributed by atoms with E-state index in [0.29, 0.717) is 0 Å². The fourth-order valence-corrected chi connectivity index (χ4v) is 1.26. The third-order valence-electron chi connectivity index (χ3n) is 2.14. The zero-order valence-corrected chi connectivity index (χ0v) is 9.13. The third kappa shape index (κ3) is 11.7. The Morgan fingerprint density at radius 3 is 2.38 bits per heavy atom. The number of hydrogen-bond acceptors (Lipinski definition) is 1. The molecule has 0 rings (SSSR count). The number of allylic oxidation sites excluding steroid dienone is 2. The van der Waals surface area contributed by atoms with Crippen molar-refractivity contribution in [3.8, 4) is 0 Å². The number of rotatable bonds is 8. The number of unbranched alkanes of at least 4 members (excludes halogenated alkanes) is 4. The molecule has 0 bridgehead atoms. The fraction of sp³-hybridized carbons (Fsp3) is 0.833. The Bertz CT molecular complexity index is 116. The molecule has 0 aromatic heterocycles. The zero-order chi connectivity index (χ0) is 9.94. The number of hydrogen-bond donors (Lipinski definition) is 1. The van der Waals surface area contributed by atoms with Crippen LogP contribution in [-0.2, 0) is 0 Å². The summed E-state index contributed by atoms with van der Waals surface area (Å²) >= 11 is 0. The highest BCUT2D eigenvalue weighted by molar-refractivity contribution is 4.81. The van der Waals surface area contributed by atoms with E-state index < -0.39 is 0 Å². The Balaban J connectivity index is 3.03. The van der Waals surface area contributed by atoms with Crippen LogP contribution in [0.3, 0.4) is 0 Å². The summed E-state index contributed by atoms with van der Waals surface area (Å²) in [7, 11) is 0. The molecule has 13 heavy (non-hydrogen) atoms.